The van der Waals surface area contributed by atoms with Gasteiger partial charge < -0.3 is 120 Å². The Bertz CT molecular complexity index is 2450. The van der Waals surface area contributed by atoms with E-state index in [4.69, 9.17) is 26.7 Å². The van der Waals surface area contributed by atoms with Gasteiger partial charge >= 0.3 is 0 Å². The maximum atomic E-state index is 14.2. The number of phenolic OH excluding ortho intramolecular Hbond substituents is 1. The lowest BCUT2D eigenvalue weighted by Crippen LogP contribution is -2.63. The molecule has 3 rings (SSSR count). The zero-order valence-corrected chi connectivity index (χ0v) is 47.3. The number of aliphatic hydroxyl groups is 9. The second-order valence-electron chi connectivity index (χ2n) is 20.9. The fraction of sp³-hybridized carbons (Fsp3) is 0.673. The normalized spacial score (nSPS) is 27.3. The number of benzene rings is 1. The molecule has 86 heavy (non-hydrogen) atoms. The lowest BCUT2D eigenvalue weighted by Gasteiger charge is -2.38. The van der Waals surface area contributed by atoms with Gasteiger partial charge in [0.1, 0.15) is 72.5 Å². The van der Waals surface area contributed by atoms with Gasteiger partial charge in [-0.05, 0) is 30.5 Å². The Labute approximate surface area is 493 Å². The molecule has 16 atom stereocenters. The van der Waals surface area contributed by atoms with Crippen molar-refractivity contribution in [3.63, 3.8) is 0 Å². The highest BCUT2D eigenvalue weighted by Gasteiger charge is 2.43. The summed E-state index contributed by atoms with van der Waals surface area (Å²) in [6.07, 6.45) is -13.7. The van der Waals surface area contributed by atoms with Crippen molar-refractivity contribution >= 4 is 65.0 Å². The number of nitrogens with two attached hydrogens (primary N) is 3. The SMILES string of the molecule is CCCCCCCCCCC[C@H](O[C@@H]1OC[C@@H](O)[C@H](O)[C@H]1O)[C@H](O)[C@H](O)C[C@@H]1CC(=O)N[C@H](CO)C(=O)N[C@H]([C@H](O)c2ccc(O)cc2)C(=O)N[C@H](CC(N)=O)C(=O)NCC(=O)N[C@@H](CC(N)=O)C(=O)N[C@@H](CO)C(=O)N[C@@H]([C@H](O)C(N)=O)C(=O)N1. The standard InChI is InChI=1S/C52H83N11O23/c1-2-3-4-5-6-7-8-9-10-11-33(86-52-44(77)42(75)32(68)23-85-52)41(74)31(67)16-25-17-36(71)59-29(21-64)48(81)62-38(40(73)24-12-14-26(66)15-13-24)51(84)60-27(18-34(53)69)46(79)56-20-37(72)58-28(19-35(54)70)47(80)61-30(22-65)49(82)63-39(50(83)57-25)43(76)45(55)78/h12-15,25,27-33,38-44,52,64-68,73-77H,2-11,16-23H2,1H3,(H2,53,69)(H2,54,70)(H2,55,78)(H,56,79)(H,57,83)(H,58,72)(H,59,71)(H,60,84)(H,61,80)(H,62,81)(H,63,82)/t25-,27-,28+,29-,30+,31-,32-,33+,38-,39+,40-,41-,42+,43+,44-,52+/m1/s1. The number of hydrogen-bond donors (Lipinski definition) is 21. The maximum absolute atomic E-state index is 14.2. The van der Waals surface area contributed by atoms with Crippen molar-refractivity contribution in [2.24, 2.45) is 17.2 Å². The average Bonchev–Trinajstić information content (AvgIpc) is 3.43. The third kappa shape index (κ3) is 23.9. The van der Waals surface area contributed by atoms with E-state index in [1.807, 2.05) is 21.3 Å². The molecule has 2 aliphatic heterocycles. The van der Waals surface area contributed by atoms with Gasteiger partial charge in [-0.15, -0.1) is 0 Å². The third-order valence-electron chi connectivity index (χ3n) is 13.9. The van der Waals surface area contributed by atoms with Crippen molar-refractivity contribution in [3.05, 3.63) is 29.8 Å². The van der Waals surface area contributed by atoms with Crippen molar-refractivity contribution in [1.82, 2.24) is 42.5 Å². The quantitative estimate of drug-likeness (QED) is 0.0383. The van der Waals surface area contributed by atoms with Crippen LogP contribution in [-0.4, -0.2) is 234 Å². The minimum atomic E-state index is -2.68. The smallest absolute Gasteiger partial charge is 0.248 e. The maximum Gasteiger partial charge on any atom is 0.248 e. The van der Waals surface area contributed by atoms with Crippen LogP contribution in [0.25, 0.3) is 0 Å². The Balaban J connectivity index is 2.17. The number of nitrogens with one attached hydrogen (secondary N) is 8. The summed E-state index contributed by atoms with van der Waals surface area (Å²) < 4.78 is 11.3. The molecular weight excluding hydrogens is 1150 g/mol. The number of phenols is 1. The van der Waals surface area contributed by atoms with E-state index >= 15 is 0 Å². The number of hydrogen-bond acceptors (Lipinski definition) is 23. The van der Waals surface area contributed by atoms with E-state index in [1.54, 1.807) is 0 Å². The predicted molar refractivity (Wildman–Crippen MR) is 292 cm³/mol. The number of aliphatic hydroxyl groups excluding tert-OH is 9. The molecule has 24 N–H and O–H groups in total. The van der Waals surface area contributed by atoms with Crippen molar-refractivity contribution < 1.29 is 113 Å². The zero-order chi connectivity index (χ0) is 64.4. The Morgan fingerprint density at radius 3 is 1.67 bits per heavy atom. The second kappa shape index (κ2) is 36.7. The molecule has 2 heterocycles. The highest BCUT2D eigenvalue weighted by molar-refractivity contribution is 6.00. The number of rotatable bonds is 26. The molecule has 0 radical (unpaired) electrons. The molecule has 2 aliphatic rings. The number of carbonyl (C=O) groups excluding carboxylic acids is 11. The van der Waals surface area contributed by atoms with Crippen molar-refractivity contribution in [1.29, 1.82) is 0 Å². The first-order valence-corrected chi connectivity index (χ1v) is 27.9. The lowest BCUT2D eigenvalue weighted by atomic mass is 9.94. The van der Waals surface area contributed by atoms with E-state index in [1.165, 1.54) is 0 Å². The van der Waals surface area contributed by atoms with Gasteiger partial charge in [-0.1, -0.05) is 76.8 Å². The van der Waals surface area contributed by atoms with Crippen LogP contribution in [-0.2, 0) is 62.2 Å². The molecular formula is C52H83N11O23. The van der Waals surface area contributed by atoms with Crippen LogP contribution in [0.3, 0.4) is 0 Å². The van der Waals surface area contributed by atoms with E-state index < -0.39 is 214 Å². The van der Waals surface area contributed by atoms with Crippen molar-refractivity contribution in [2.75, 3.05) is 26.4 Å². The van der Waals surface area contributed by atoms with E-state index in [0.717, 1.165) is 69.2 Å². The Morgan fingerprint density at radius 1 is 0.616 bits per heavy atom. The first-order valence-electron chi connectivity index (χ1n) is 27.9. The summed E-state index contributed by atoms with van der Waals surface area (Å²) in [5.74, 6) is -15.9. The molecule has 0 aliphatic carbocycles. The van der Waals surface area contributed by atoms with Gasteiger partial charge in [0.05, 0.1) is 51.4 Å². The fourth-order valence-corrected chi connectivity index (χ4v) is 9.08. The highest BCUT2D eigenvalue weighted by atomic mass is 16.7. The summed E-state index contributed by atoms with van der Waals surface area (Å²) in [6.45, 7) is -2.19. The number of unbranched alkanes of at least 4 members (excludes halogenated alkanes) is 8. The van der Waals surface area contributed by atoms with Gasteiger partial charge in [0.15, 0.2) is 12.4 Å². The summed E-state index contributed by atoms with van der Waals surface area (Å²) in [5, 5.41) is 124. The van der Waals surface area contributed by atoms with Crippen LogP contribution in [0.2, 0.25) is 0 Å². The van der Waals surface area contributed by atoms with E-state index in [0.29, 0.717) is 12.8 Å². The van der Waals surface area contributed by atoms with Gasteiger partial charge in [-0.2, -0.15) is 0 Å². The van der Waals surface area contributed by atoms with Crippen LogP contribution in [0.4, 0.5) is 0 Å². The second-order valence-corrected chi connectivity index (χ2v) is 20.9. The Morgan fingerprint density at radius 2 is 1.12 bits per heavy atom. The van der Waals surface area contributed by atoms with Crippen LogP contribution >= 0.6 is 0 Å². The topological polar surface area (TPSA) is 583 Å². The molecule has 0 saturated carbocycles. The van der Waals surface area contributed by atoms with E-state index in [2.05, 4.69) is 28.2 Å². The Kier molecular flexibility index (Phi) is 31.1. The minimum Gasteiger partial charge on any atom is -0.508 e. The molecule has 0 unspecified atom stereocenters. The molecule has 2 fully saturated rings. The predicted octanol–water partition coefficient (Wildman–Crippen LogP) is -9.22. The van der Waals surface area contributed by atoms with E-state index in [9.17, 15) is 104 Å². The highest BCUT2D eigenvalue weighted by Crippen LogP contribution is 2.25. The monoisotopic (exact) mass is 1230 g/mol. The summed E-state index contributed by atoms with van der Waals surface area (Å²) in [7, 11) is 0. The molecule has 0 bridgehead atoms. The summed E-state index contributed by atoms with van der Waals surface area (Å²) in [5.41, 5.74) is 15.8. The van der Waals surface area contributed by atoms with Crippen molar-refractivity contribution in [2.45, 2.75) is 194 Å². The molecule has 1 aromatic rings. The fourth-order valence-electron chi connectivity index (χ4n) is 9.08. The van der Waals surface area contributed by atoms with Gasteiger partial charge in [0.25, 0.3) is 0 Å². The number of amides is 11. The van der Waals surface area contributed by atoms with E-state index in [-0.39, 0.29) is 17.7 Å². The minimum absolute atomic E-state index is 0.0549. The molecule has 34 nitrogen and oxygen atoms in total. The van der Waals surface area contributed by atoms with Crippen LogP contribution in [0.5, 0.6) is 5.75 Å². The molecule has 2 saturated heterocycles. The number of aromatic hydroxyl groups is 1. The molecule has 0 aromatic heterocycles. The number of primary amides is 3. The summed E-state index contributed by atoms with van der Waals surface area (Å²) in [6, 6.07) is -10.6. The number of carbonyl (C=O) groups is 11. The van der Waals surface area contributed by atoms with Crippen LogP contribution in [0.15, 0.2) is 24.3 Å². The molecule has 11 amide bonds. The largest absolute Gasteiger partial charge is 0.508 e. The first kappa shape index (κ1) is 73.0. The number of ether oxygens (including phenoxy) is 2. The average molecular weight is 1230 g/mol. The zero-order valence-electron chi connectivity index (χ0n) is 47.3. The summed E-state index contributed by atoms with van der Waals surface area (Å²) >= 11 is 0. The molecule has 484 valence electrons. The molecule has 0 spiro atoms. The van der Waals surface area contributed by atoms with Crippen LogP contribution in [0, 0.1) is 0 Å². The van der Waals surface area contributed by atoms with Crippen LogP contribution in [0.1, 0.15) is 108 Å². The van der Waals surface area contributed by atoms with Gasteiger partial charge in [-0.25, -0.2) is 0 Å². The van der Waals surface area contributed by atoms with Crippen LogP contribution < -0.4 is 59.7 Å². The summed E-state index contributed by atoms with van der Waals surface area (Å²) in [4.78, 5) is 147. The Hall–Kier alpha value is -7.25. The van der Waals surface area contributed by atoms with Crippen molar-refractivity contribution in [3.8, 4) is 5.75 Å². The van der Waals surface area contributed by atoms with Gasteiger partial charge in [0.2, 0.25) is 65.0 Å². The lowest BCUT2D eigenvalue weighted by molar-refractivity contribution is -0.293. The van der Waals surface area contributed by atoms with Gasteiger partial charge in [-0.3, -0.25) is 52.7 Å². The third-order valence-corrected chi connectivity index (χ3v) is 13.9. The molecule has 1 aromatic carbocycles. The molecule has 34 heteroatoms. The first-order chi connectivity index (χ1) is 40.6. The van der Waals surface area contributed by atoms with Gasteiger partial charge in [0, 0.05) is 12.5 Å².